The third-order valence-electron chi connectivity index (χ3n) is 24.7. The quantitative estimate of drug-likeness (QED) is 0.0209. The molecule has 4 aliphatic heterocycles. The van der Waals surface area contributed by atoms with Crippen LogP contribution in [0, 0.1) is 29.2 Å². The summed E-state index contributed by atoms with van der Waals surface area (Å²) >= 11 is 0. The molecule has 0 bridgehead atoms. The summed E-state index contributed by atoms with van der Waals surface area (Å²) in [6.45, 7) is 12.4. The second kappa shape index (κ2) is 45.7. The molecule has 1 aliphatic carbocycles. The molecular weight excluding hydrogens is 1830 g/mol. The molecule has 4 N–H and O–H groups in total. The van der Waals surface area contributed by atoms with Gasteiger partial charge in [-0.15, -0.1) is 40.8 Å². The lowest BCUT2D eigenvalue weighted by molar-refractivity contribution is 0.243. The average Bonchev–Trinajstić information content (AvgIpc) is 1.61. The van der Waals surface area contributed by atoms with Gasteiger partial charge in [-0.3, -0.25) is 0 Å². The number of unbranched alkanes of at least 4 members (excludes halogenated alkanes) is 1. The third kappa shape index (κ3) is 23.2. The highest BCUT2D eigenvalue weighted by molar-refractivity contribution is 5.82. The van der Waals surface area contributed by atoms with Crippen molar-refractivity contribution in [3.05, 3.63) is 241 Å². The van der Waals surface area contributed by atoms with Gasteiger partial charge in [0.05, 0.1) is 121 Å². The molecule has 21 rings (SSSR count). The van der Waals surface area contributed by atoms with E-state index in [1.165, 1.54) is 55.0 Å². The number of aryl methyl sites for hydroxylation is 4. The van der Waals surface area contributed by atoms with Crippen molar-refractivity contribution >= 4 is 23.8 Å². The van der Waals surface area contributed by atoms with Crippen molar-refractivity contribution in [2.75, 3.05) is 95.8 Å². The molecule has 40 heteroatoms. The smallest absolute Gasteiger partial charge is 0.233 e. The van der Waals surface area contributed by atoms with Crippen LogP contribution >= 0.6 is 0 Å². The molecule has 1 fully saturated rings. The van der Waals surface area contributed by atoms with Gasteiger partial charge in [-0.05, 0) is 185 Å². The van der Waals surface area contributed by atoms with Gasteiger partial charge in [0, 0.05) is 147 Å². The van der Waals surface area contributed by atoms with Gasteiger partial charge in [-0.25, -0.2) is 77.4 Å². The van der Waals surface area contributed by atoms with E-state index in [0.29, 0.717) is 109 Å². The van der Waals surface area contributed by atoms with E-state index in [9.17, 15) is 17.6 Å². The van der Waals surface area contributed by atoms with Crippen molar-refractivity contribution in [2.45, 2.75) is 148 Å². The van der Waals surface area contributed by atoms with Crippen LogP contribution in [0.3, 0.4) is 0 Å². The Morgan fingerprint density at radius 3 is 0.846 bits per heavy atom. The van der Waals surface area contributed by atoms with Gasteiger partial charge in [0.15, 0.2) is 0 Å². The first-order chi connectivity index (χ1) is 70.0. The Bertz CT molecular complexity index is 6930. The number of rotatable bonds is 36. The molecular formula is C103H108F4N28O8. The number of hydrogen-bond donors (Lipinski definition) is 4. The number of fused-ring (bicyclic) bond motifs is 4. The monoisotopic (exact) mass is 1940 g/mol. The number of nitrogens with zero attached hydrogens (tertiary/aromatic N) is 24. The summed E-state index contributed by atoms with van der Waals surface area (Å²) in [6, 6.07) is 47.4. The number of benzene rings is 4. The first-order valence-corrected chi connectivity index (χ1v) is 47.8. The molecule has 0 amide bonds. The molecule has 0 radical (unpaired) electrons. The molecule has 4 aromatic carbocycles. The minimum Gasteiger partial charge on any atom is -0.480 e. The van der Waals surface area contributed by atoms with Gasteiger partial charge in [-0.2, -0.15) is 0 Å². The summed E-state index contributed by atoms with van der Waals surface area (Å²) in [7, 11) is 6.17. The Balaban J connectivity index is 0.000000126. The molecule has 0 saturated heterocycles. The Morgan fingerprint density at radius 2 is 0.587 bits per heavy atom. The molecule has 16 heterocycles. The minimum atomic E-state index is -0.291. The van der Waals surface area contributed by atoms with Crippen molar-refractivity contribution in [1.29, 1.82) is 0 Å². The molecule has 12 aromatic heterocycles. The second-order valence-corrected chi connectivity index (χ2v) is 34.9. The number of nitrogens with one attached hydrogen (secondary N) is 4. The van der Waals surface area contributed by atoms with Crippen LogP contribution in [0.15, 0.2) is 195 Å². The van der Waals surface area contributed by atoms with Crippen molar-refractivity contribution < 1.29 is 55.5 Å². The Hall–Kier alpha value is -16.3. The average molecular weight is 1940 g/mol. The van der Waals surface area contributed by atoms with Gasteiger partial charge in [0.25, 0.3) is 0 Å². The highest BCUT2D eigenvalue weighted by Crippen LogP contribution is 2.46. The Morgan fingerprint density at radius 1 is 0.315 bits per heavy atom. The lowest BCUT2D eigenvalue weighted by atomic mass is 9.93. The molecule has 143 heavy (non-hydrogen) atoms. The van der Waals surface area contributed by atoms with Crippen molar-refractivity contribution in [2.24, 2.45) is 5.92 Å². The summed E-state index contributed by atoms with van der Waals surface area (Å²) in [6.07, 6.45) is 20.2. The molecule has 4 atom stereocenters. The molecule has 4 unspecified atom stereocenters. The van der Waals surface area contributed by atoms with E-state index in [1.807, 2.05) is 24.3 Å². The lowest BCUT2D eigenvalue weighted by Gasteiger charge is -2.26. The van der Waals surface area contributed by atoms with E-state index in [4.69, 9.17) is 77.8 Å². The van der Waals surface area contributed by atoms with Crippen LogP contribution in [0.1, 0.15) is 139 Å². The van der Waals surface area contributed by atoms with Gasteiger partial charge >= 0.3 is 0 Å². The van der Waals surface area contributed by atoms with Crippen LogP contribution in [0.4, 0.5) is 41.4 Å². The topological polar surface area (TPSA) is 399 Å². The van der Waals surface area contributed by atoms with Crippen LogP contribution in [-0.2, 0) is 25.7 Å². The fraction of sp³-hybridized carbons (Fsp3) is 0.340. The Labute approximate surface area is 822 Å². The van der Waals surface area contributed by atoms with Crippen LogP contribution in [0.25, 0.3) is 90.6 Å². The SMILES string of the molecule is CCCCNc1nccc(-c2c(-c3ccc(F)cc3)nc3n2C(COc2ccc(OC)nn2)CC3)n1.CCCNc1nccc(-c2c(-c3ccc(F)cc3)nc3n2C(COc2ccc(OC)nn2)CC3)n1.COc1ccc(OCC2CCc3nc(-c4ccc(F)cc4)c(-c4ccnc(NC5CCC5)n4)n32)nn1.COc1ccc(OCC2CCc3nc(-c4ccc(F)cc4)c(-c4ccnc(NCC(C)C)n4)n32)nn1. The zero-order chi connectivity index (χ0) is 98.7. The second-order valence-electron chi connectivity index (χ2n) is 34.9. The predicted octanol–water partition coefficient (Wildman–Crippen LogP) is 18.1. The van der Waals surface area contributed by atoms with Crippen LogP contribution in [0.2, 0.25) is 0 Å². The number of aromatic nitrogens is 24. The van der Waals surface area contributed by atoms with E-state index in [-0.39, 0.29) is 47.4 Å². The van der Waals surface area contributed by atoms with Crippen molar-refractivity contribution in [3.8, 4) is 138 Å². The number of hydrogen-bond acceptors (Lipinski definition) is 32. The molecule has 0 spiro atoms. The molecule has 36 nitrogen and oxygen atoms in total. The largest absolute Gasteiger partial charge is 0.480 e. The number of halogens is 4. The van der Waals surface area contributed by atoms with Crippen LogP contribution in [0.5, 0.6) is 47.0 Å². The number of ether oxygens (including phenoxy) is 8. The fourth-order valence-corrected chi connectivity index (χ4v) is 17.4. The maximum absolute atomic E-state index is 13.7. The maximum atomic E-state index is 13.7. The van der Waals surface area contributed by atoms with Crippen LogP contribution in [-0.4, -0.2) is 199 Å². The van der Waals surface area contributed by atoms with E-state index in [1.54, 1.807) is 150 Å². The zero-order valence-electron chi connectivity index (χ0n) is 80.3. The van der Waals surface area contributed by atoms with Crippen molar-refractivity contribution in [1.82, 2.24) is 119 Å². The number of methoxy groups -OCH3 is 4. The molecule has 736 valence electrons. The van der Waals surface area contributed by atoms with E-state index in [2.05, 4.69) is 128 Å². The summed E-state index contributed by atoms with van der Waals surface area (Å²) in [5.74, 6) is 8.78. The normalized spacial score (nSPS) is 15.1. The van der Waals surface area contributed by atoms with Gasteiger partial charge in [0.1, 0.15) is 73.0 Å². The van der Waals surface area contributed by atoms with Crippen LogP contribution < -0.4 is 59.2 Å². The molecule has 16 aromatic rings. The lowest BCUT2D eigenvalue weighted by Crippen LogP contribution is -2.28. The van der Waals surface area contributed by atoms with E-state index < -0.39 is 0 Å². The molecule has 5 aliphatic rings. The van der Waals surface area contributed by atoms with E-state index in [0.717, 1.165) is 217 Å². The standard InChI is InChI=1S/C26H26FN7O2.2C26H28FN7O2.C25H26FN7O2/c1-35-22-11-12-23(33-32-22)36-15-19-9-10-21-31-24(16-5-7-17(27)8-6-16)25(34(19)21)20-13-14-28-26(30-20)29-18-3-2-4-18;1-16(2)14-29-26-28-13-12-20(30-26)25-24(17-4-6-18(27)7-5-17)31-21-9-8-19(34(21)25)15-36-23-11-10-22(35-3)32-33-23;1-3-4-14-28-26-29-15-13-20(30-26)25-24(17-5-7-18(27)8-6-17)31-21-10-9-19(34(21)25)16-36-23-12-11-22(35-2)32-33-23;1-3-13-27-25-28-14-12-19(29-25)24-23(16-4-6-17(26)7-5-16)30-20-9-8-18(33(20)24)15-35-22-11-10-21(34-2)31-32-22/h5-8,11-14,18-19H,2-4,9-10,15H2,1H3,(H,28,29,30);4-7,10-13,16,19H,8-9,14-15H2,1-3H3,(H,28,29,30);5-8,11-13,15,19H,3-4,9-10,14,16H2,1-2H3,(H,28,29,30);4-7,10-12,14,18H,3,8-9,13,15H2,1-2H3,(H,27,28,29). The first-order valence-electron chi connectivity index (χ1n) is 47.8. The van der Waals surface area contributed by atoms with Crippen molar-refractivity contribution in [3.63, 3.8) is 0 Å². The van der Waals surface area contributed by atoms with Gasteiger partial charge in [0.2, 0.25) is 70.8 Å². The minimum absolute atomic E-state index is 0.0163. The summed E-state index contributed by atoms with van der Waals surface area (Å²) in [4.78, 5) is 56.6. The Kier molecular flexibility index (Phi) is 31.0. The summed E-state index contributed by atoms with van der Waals surface area (Å²) < 4.78 is 108. The first kappa shape index (κ1) is 96.9. The zero-order valence-corrected chi connectivity index (χ0v) is 80.3. The summed E-state index contributed by atoms with van der Waals surface area (Å²) in [5.41, 5.74) is 12.8. The van der Waals surface area contributed by atoms with Gasteiger partial charge in [-0.1, -0.05) is 34.1 Å². The fourth-order valence-electron chi connectivity index (χ4n) is 17.4. The predicted molar refractivity (Wildman–Crippen MR) is 527 cm³/mol. The van der Waals surface area contributed by atoms with E-state index >= 15 is 0 Å². The highest BCUT2D eigenvalue weighted by Gasteiger charge is 2.38. The molecule has 1 saturated carbocycles. The highest BCUT2D eigenvalue weighted by atomic mass is 19.1. The summed E-state index contributed by atoms with van der Waals surface area (Å²) in [5, 5.41) is 45.4. The van der Waals surface area contributed by atoms with Gasteiger partial charge < -0.3 is 77.4 Å². The maximum Gasteiger partial charge on any atom is 0.233 e. The number of anilines is 4. The number of imidazole rings is 4. The third-order valence-corrected chi connectivity index (χ3v) is 24.7.